The molecule has 0 aromatic carbocycles. The van der Waals surface area contributed by atoms with Crippen LogP contribution in [0.3, 0.4) is 0 Å². The Bertz CT molecular complexity index is 620. The molecule has 1 amide bonds. The minimum Gasteiger partial charge on any atom is -0.348 e. The van der Waals surface area contributed by atoms with E-state index >= 15 is 0 Å². The first kappa shape index (κ1) is 16.4. The Morgan fingerprint density at radius 3 is 2.62 bits per heavy atom. The van der Waals surface area contributed by atoms with Gasteiger partial charge in [-0.2, -0.15) is 0 Å². The topological polar surface area (TPSA) is 68.2 Å². The van der Waals surface area contributed by atoms with Crippen LogP contribution in [-0.2, 0) is 9.05 Å². The molecule has 2 rings (SSSR count). The van der Waals surface area contributed by atoms with Gasteiger partial charge in [0.05, 0.1) is 0 Å². The normalized spacial score (nSPS) is 16.7. The fourth-order valence-electron chi connectivity index (χ4n) is 2.41. The maximum atomic E-state index is 12.4. The van der Waals surface area contributed by atoms with Gasteiger partial charge in [-0.3, -0.25) is 4.79 Å². The third-order valence-corrected chi connectivity index (χ3v) is 5.06. The number of hydrogen-bond donors (Lipinski definition) is 1. The lowest BCUT2D eigenvalue weighted by molar-refractivity contribution is 0.0924. The van der Waals surface area contributed by atoms with Crippen LogP contribution in [0.15, 0.2) is 17.2 Å². The van der Waals surface area contributed by atoms with Crippen molar-refractivity contribution in [3.05, 3.63) is 18.0 Å². The van der Waals surface area contributed by atoms with Crippen molar-refractivity contribution in [3.63, 3.8) is 0 Å². The van der Waals surface area contributed by atoms with E-state index in [0.717, 1.165) is 32.1 Å². The predicted octanol–water partition coefficient (Wildman–Crippen LogP) is 3.06. The largest absolute Gasteiger partial charge is 0.348 e. The van der Waals surface area contributed by atoms with Gasteiger partial charge in [-0.15, -0.1) is 0 Å². The van der Waals surface area contributed by atoms with E-state index in [4.69, 9.17) is 10.7 Å². The Kier molecular flexibility index (Phi) is 4.99. The quantitative estimate of drug-likeness (QED) is 0.780. The Morgan fingerprint density at radius 2 is 2.14 bits per heavy atom. The second-order valence-corrected chi connectivity index (χ2v) is 8.07. The number of amides is 1. The van der Waals surface area contributed by atoms with E-state index in [2.05, 4.69) is 12.2 Å². The summed E-state index contributed by atoms with van der Waals surface area (Å²) in [6, 6.07) is 1.69. The van der Waals surface area contributed by atoms with Crippen LogP contribution in [0.1, 0.15) is 62.5 Å². The highest BCUT2D eigenvalue weighted by Gasteiger charge is 2.30. The molecule has 1 unspecified atom stereocenters. The summed E-state index contributed by atoms with van der Waals surface area (Å²) >= 11 is 0. The third-order valence-electron chi connectivity index (χ3n) is 3.74. The molecular formula is C14H21ClN2O3S. The molecule has 0 spiro atoms. The van der Waals surface area contributed by atoms with Gasteiger partial charge in [0.25, 0.3) is 15.0 Å². The van der Waals surface area contributed by atoms with Gasteiger partial charge in [-0.1, -0.05) is 20.3 Å². The average Bonchev–Trinajstić information content (AvgIpc) is 3.14. The van der Waals surface area contributed by atoms with E-state index in [0.29, 0.717) is 5.69 Å². The van der Waals surface area contributed by atoms with E-state index < -0.39 is 9.05 Å². The van der Waals surface area contributed by atoms with Gasteiger partial charge in [0.15, 0.2) is 0 Å². The van der Waals surface area contributed by atoms with E-state index in [-0.39, 0.29) is 22.9 Å². The number of nitrogens with zero attached hydrogens (tertiary/aromatic N) is 1. The van der Waals surface area contributed by atoms with Gasteiger partial charge in [0.2, 0.25) is 0 Å². The minimum absolute atomic E-state index is 0.00948. The van der Waals surface area contributed by atoms with E-state index in [1.54, 1.807) is 4.57 Å². The first-order valence-electron chi connectivity index (χ1n) is 7.34. The van der Waals surface area contributed by atoms with Gasteiger partial charge in [-0.25, -0.2) is 8.42 Å². The van der Waals surface area contributed by atoms with Crippen molar-refractivity contribution in [1.29, 1.82) is 0 Å². The second-order valence-electron chi connectivity index (χ2n) is 5.50. The summed E-state index contributed by atoms with van der Waals surface area (Å²) in [5, 5.41) is 2.97. The van der Waals surface area contributed by atoms with E-state index in [1.165, 1.54) is 12.3 Å². The maximum absolute atomic E-state index is 12.4. The van der Waals surface area contributed by atoms with Crippen molar-refractivity contribution in [2.24, 2.45) is 0 Å². The highest BCUT2D eigenvalue weighted by Crippen LogP contribution is 2.37. The zero-order valence-electron chi connectivity index (χ0n) is 12.3. The number of carbonyl (C=O) groups is 1. The van der Waals surface area contributed by atoms with Crippen LogP contribution in [0, 0.1) is 0 Å². The molecule has 21 heavy (non-hydrogen) atoms. The molecule has 1 heterocycles. The summed E-state index contributed by atoms with van der Waals surface area (Å²) in [5.41, 5.74) is 0.381. The van der Waals surface area contributed by atoms with Crippen LogP contribution >= 0.6 is 10.7 Å². The Hall–Kier alpha value is -1.01. The number of carbonyl (C=O) groups excluding carboxylic acids is 1. The number of hydrogen-bond acceptors (Lipinski definition) is 3. The summed E-state index contributed by atoms with van der Waals surface area (Å²) in [5.74, 6) is -0.228. The number of nitrogens with one attached hydrogen (secondary N) is 1. The Balaban J connectivity index is 2.25. The van der Waals surface area contributed by atoms with Crippen LogP contribution in [0.25, 0.3) is 0 Å². The van der Waals surface area contributed by atoms with Gasteiger partial charge in [-0.05, 0) is 31.7 Å². The van der Waals surface area contributed by atoms with Crippen LogP contribution in [0.5, 0.6) is 0 Å². The Labute approximate surface area is 130 Å². The van der Waals surface area contributed by atoms with Crippen LogP contribution in [0.2, 0.25) is 0 Å². The fourth-order valence-corrected chi connectivity index (χ4v) is 3.16. The predicted molar refractivity (Wildman–Crippen MR) is 82.2 cm³/mol. The lowest BCUT2D eigenvalue weighted by Gasteiger charge is -2.16. The molecule has 5 nitrogen and oxygen atoms in total. The lowest BCUT2D eigenvalue weighted by Crippen LogP contribution is -2.35. The van der Waals surface area contributed by atoms with Crippen molar-refractivity contribution in [1.82, 2.24) is 9.88 Å². The van der Waals surface area contributed by atoms with Gasteiger partial charge >= 0.3 is 0 Å². The molecule has 1 aliphatic carbocycles. The Morgan fingerprint density at radius 1 is 1.48 bits per heavy atom. The van der Waals surface area contributed by atoms with Crippen molar-refractivity contribution in [3.8, 4) is 0 Å². The van der Waals surface area contributed by atoms with Gasteiger partial charge < -0.3 is 9.88 Å². The SMILES string of the molecule is CCCC(CC)NC(=O)c1cc(S(=O)(=O)Cl)cn1C1CC1. The minimum atomic E-state index is -3.82. The molecule has 0 saturated heterocycles. The standard InChI is InChI=1S/C14H21ClN2O3S/c1-3-5-10(4-2)16-14(18)13-8-12(21(15,19)20)9-17(13)11-6-7-11/h8-11H,3-7H2,1-2H3,(H,16,18). The summed E-state index contributed by atoms with van der Waals surface area (Å²) < 4.78 is 24.7. The molecule has 1 fully saturated rings. The summed E-state index contributed by atoms with van der Waals surface area (Å²) in [4.78, 5) is 12.4. The molecule has 0 radical (unpaired) electrons. The molecule has 1 aliphatic rings. The van der Waals surface area contributed by atoms with Crippen LogP contribution in [-0.4, -0.2) is 24.9 Å². The van der Waals surface area contributed by atoms with Crippen molar-refractivity contribution < 1.29 is 13.2 Å². The van der Waals surface area contributed by atoms with E-state index in [9.17, 15) is 13.2 Å². The number of halogens is 1. The van der Waals surface area contributed by atoms with E-state index in [1.807, 2.05) is 6.92 Å². The fraction of sp³-hybridized carbons (Fsp3) is 0.643. The monoisotopic (exact) mass is 332 g/mol. The second kappa shape index (κ2) is 6.40. The highest BCUT2D eigenvalue weighted by atomic mass is 35.7. The summed E-state index contributed by atoms with van der Waals surface area (Å²) in [6.07, 6.45) is 6.14. The molecule has 7 heteroatoms. The molecule has 1 atom stereocenters. The molecule has 1 N–H and O–H groups in total. The highest BCUT2D eigenvalue weighted by molar-refractivity contribution is 8.13. The van der Waals surface area contributed by atoms with Crippen LogP contribution < -0.4 is 5.32 Å². The van der Waals surface area contributed by atoms with Crippen molar-refractivity contribution in [2.75, 3.05) is 0 Å². The molecule has 1 aromatic rings. The van der Waals surface area contributed by atoms with Gasteiger partial charge in [0.1, 0.15) is 10.6 Å². The first-order chi connectivity index (χ1) is 9.86. The lowest BCUT2D eigenvalue weighted by atomic mass is 10.1. The van der Waals surface area contributed by atoms with Crippen LogP contribution in [0.4, 0.5) is 0 Å². The number of rotatable bonds is 7. The summed E-state index contributed by atoms with van der Waals surface area (Å²) in [6.45, 7) is 4.09. The molecule has 1 aromatic heterocycles. The first-order valence-corrected chi connectivity index (χ1v) is 9.65. The van der Waals surface area contributed by atoms with Gasteiger partial charge in [0, 0.05) is 29.0 Å². The third kappa shape index (κ3) is 4.01. The molecule has 1 saturated carbocycles. The van der Waals surface area contributed by atoms with Crippen molar-refractivity contribution >= 4 is 25.6 Å². The molecular weight excluding hydrogens is 312 g/mol. The smallest absolute Gasteiger partial charge is 0.268 e. The molecule has 0 bridgehead atoms. The number of aromatic nitrogens is 1. The maximum Gasteiger partial charge on any atom is 0.268 e. The molecule has 118 valence electrons. The zero-order valence-corrected chi connectivity index (χ0v) is 13.9. The average molecular weight is 333 g/mol. The zero-order chi connectivity index (χ0) is 15.6. The van der Waals surface area contributed by atoms with Crippen molar-refractivity contribution in [2.45, 2.75) is 62.9 Å². The molecule has 0 aliphatic heterocycles. The summed E-state index contributed by atoms with van der Waals surface area (Å²) in [7, 11) is 1.57.